The molecule has 2 rings (SSSR count). The molecule has 100 valence electrons. The predicted molar refractivity (Wildman–Crippen MR) is 79.0 cm³/mol. The van der Waals surface area contributed by atoms with Gasteiger partial charge in [0, 0.05) is 18.8 Å². The molecule has 1 unspecified atom stereocenters. The van der Waals surface area contributed by atoms with E-state index in [1.807, 2.05) is 0 Å². The molecule has 0 aliphatic carbocycles. The van der Waals surface area contributed by atoms with Gasteiger partial charge in [-0.15, -0.1) is 0 Å². The molecule has 0 bridgehead atoms. The molecule has 0 radical (unpaired) electrons. The van der Waals surface area contributed by atoms with Gasteiger partial charge >= 0.3 is 0 Å². The van der Waals surface area contributed by atoms with Crippen molar-refractivity contribution in [2.24, 2.45) is 11.7 Å². The average Bonchev–Trinajstić information content (AvgIpc) is 2.61. The zero-order valence-corrected chi connectivity index (χ0v) is 11.6. The summed E-state index contributed by atoms with van der Waals surface area (Å²) < 4.78 is 0. The number of rotatable bonds is 5. The third kappa shape index (κ3) is 3.26. The molecule has 2 nitrogen and oxygen atoms in total. The van der Waals surface area contributed by atoms with Crippen LogP contribution < -0.4 is 10.6 Å². The Morgan fingerprint density at radius 1 is 1.28 bits per heavy atom. The topological polar surface area (TPSA) is 29.3 Å². The Morgan fingerprint density at radius 2 is 2.11 bits per heavy atom. The lowest BCUT2D eigenvalue weighted by Gasteiger charge is -2.29. The van der Waals surface area contributed by atoms with Gasteiger partial charge in [-0.3, -0.25) is 0 Å². The number of nitrogens with two attached hydrogens (primary N) is 1. The molecule has 1 aromatic carbocycles. The molecule has 1 aliphatic heterocycles. The first-order chi connectivity index (χ1) is 8.85. The van der Waals surface area contributed by atoms with Gasteiger partial charge in [0.1, 0.15) is 0 Å². The van der Waals surface area contributed by atoms with Crippen LogP contribution in [0.5, 0.6) is 0 Å². The van der Waals surface area contributed by atoms with Crippen LogP contribution in [0.3, 0.4) is 0 Å². The highest BCUT2D eigenvalue weighted by Gasteiger charge is 2.17. The van der Waals surface area contributed by atoms with Crippen molar-refractivity contribution in [2.45, 2.75) is 39.0 Å². The van der Waals surface area contributed by atoms with Crippen LogP contribution in [0.25, 0.3) is 0 Å². The number of nitrogens with zero attached hydrogens (tertiary/aromatic N) is 1. The van der Waals surface area contributed by atoms with Gasteiger partial charge < -0.3 is 10.6 Å². The van der Waals surface area contributed by atoms with Gasteiger partial charge in [0.15, 0.2) is 0 Å². The van der Waals surface area contributed by atoms with Crippen LogP contribution in [0.2, 0.25) is 0 Å². The molecule has 0 saturated carbocycles. The minimum Gasteiger partial charge on any atom is -0.371 e. The minimum absolute atomic E-state index is 0.640. The maximum absolute atomic E-state index is 5.91. The standard InChI is InChI=1S/C16H26N2/c1-2-7-14(12-17)13-18-11-6-5-9-15-8-3-4-10-16(15)18/h3-4,8,10,14H,2,5-7,9,11-13,17H2,1H3. The maximum atomic E-state index is 5.91. The van der Waals surface area contributed by atoms with Crippen LogP contribution in [0.4, 0.5) is 5.69 Å². The van der Waals surface area contributed by atoms with E-state index in [9.17, 15) is 0 Å². The number of benzene rings is 1. The zero-order valence-electron chi connectivity index (χ0n) is 11.6. The van der Waals surface area contributed by atoms with Gasteiger partial charge in [-0.25, -0.2) is 0 Å². The third-order valence-electron chi connectivity index (χ3n) is 3.97. The fraction of sp³-hybridized carbons (Fsp3) is 0.625. The zero-order chi connectivity index (χ0) is 12.8. The molecule has 0 spiro atoms. The SMILES string of the molecule is CCCC(CN)CN1CCCCc2ccccc21. The largest absolute Gasteiger partial charge is 0.371 e. The van der Waals surface area contributed by atoms with E-state index in [1.165, 1.54) is 49.9 Å². The summed E-state index contributed by atoms with van der Waals surface area (Å²) in [4.78, 5) is 2.56. The first-order valence-electron chi connectivity index (χ1n) is 7.38. The molecular formula is C16H26N2. The lowest BCUT2D eigenvalue weighted by molar-refractivity contribution is 0.479. The summed E-state index contributed by atoms with van der Waals surface area (Å²) in [5.41, 5.74) is 8.87. The van der Waals surface area contributed by atoms with E-state index in [1.54, 1.807) is 0 Å². The molecule has 1 aliphatic rings. The van der Waals surface area contributed by atoms with Crippen molar-refractivity contribution in [1.29, 1.82) is 0 Å². The van der Waals surface area contributed by atoms with Crippen LogP contribution in [0.1, 0.15) is 38.2 Å². The van der Waals surface area contributed by atoms with Crippen molar-refractivity contribution >= 4 is 5.69 Å². The lowest BCUT2D eigenvalue weighted by atomic mass is 10.0. The number of para-hydroxylation sites is 1. The molecule has 18 heavy (non-hydrogen) atoms. The molecule has 1 atom stereocenters. The number of aryl methyl sites for hydroxylation is 1. The Bertz CT molecular complexity index is 362. The molecule has 2 heteroatoms. The minimum atomic E-state index is 0.640. The van der Waals surface area contributed by atoms with Crippen LogP contribution >= 0.6 is 0 Å². The molecule has 0 fully saturated rings. The summed E-state index contributed by atoms with van der Waals surface area (Å²) in [6.07, 6.45) is 6.33. The van der Waals surface area contributed by atoms with Crippen molar-refractivity contribution in [1.82, 2.24) is 0 Å². The summed E-state index contributed by atoms with van der Waals surface area (Å²) >= 11 is 0. The highest BCUT2D eigenvalue weighted by atomic mass is 15.1. The Hall–Kier alpha value is -1.02. The van der Waals surface area contributed by atoms with E-state index in [0.717, 1.165) is 13.1 Å². The molecule has 2 N–H and O–H groups in total. The van der Waals surface area contributed by atoms with Gasteiger partial charge in [0.2, 0.25) is 0 Å². The fourth-order valence-corrected chi connectivity index (χ4v) is 2.96. The first-order valence-corrected chi connectivity index (χ1v) is 7.38. The normalized spacial score (nSPS) is 17.1. The monoisotopic (exact) mass is 246 g/mol. The smallest absolute Gasteiger partial charge is 0.0398 e. The number of fused-ring (bicyclic) bond motifs is 1. The van der Waals surface area contributed by atoms with Crippen LogP contribution in [-0.2, 0) is 6.42 Å². The second kappa shape index (κ2) is 6.79. The van der Waals surface area contributed by atoms with Gasteiger partial charge in [0.05, 0.1) is 0 Å². The first kappa shape index (κ1) is 13.4. The quantitative estimate of drug-likeness (QED) is 0.864. The van der Waals surface area contributed by atoms with E-state index in [4.69, 9.17) is 5.73 Å². The molecule has 1 heterocycles. The average molecular weight is 246 g/mol. The van der Waals surface area contributed by atoms with Crippen LogP contribution in [0.15, 0.2) is 24.3 Å². The second-order valence-electron chi connectivity index (χ2n) is 5.42. The Morgan fingerprint density at radius 3 is 2.89 bits per heavy atom. The van der Waals surface area contributed by atoms with E-state index >= 15 is 0 Å². The van der Waals surface area contributed by atoms with Crippen molar-refractivity contribution in [3.63, 3.8) is 0 Å². The summed E-state index contributed by atoms with van der Waals surface area (Å²) in [5.74, 6) is 0.640. The Labute approximate surface area is 111 Å². The van der Waals surface area contributed by atoms with Crippen LogP contribution in [0, 0.1) is 5.92 Å². The number of hydrogen-bond donors (Lipinski definition) is 1. The molecule has 0 saturated heterocycles. The van der Waals surface area contributed by atoms with Gasteiger partial charge in [-0.05, 0) is 49.8 Å². The molecule has 0 aromatic heterocycles. The van der Waals surface area contributed by atoms with E-state index in [0.29, 0.717) is 5.92 Å². The molecule has 1 aromatic rings. The van der Waals surface area contributed by atoms with Crippen molar-refractivity contribution in [3.05, 3.63) is 29.8 Å². The molecule has 0 amide bonds. The second-order valence-corrected chi connectivity index (χ2v) is 5.42. The summed E-state index contributed by atoms with van der Waals surface area (Å²) in [6.45, 7) is 5.38. The highest BCUT2D eigenvalue weighted by Crippen LogP contribution is 2.27. The van der Waals surface area contributed by atoms with E-state index in [2.05, 4.69) is 36.1 Å². The summed E-state index contributed by atoms with van der Waals surface area (Å²) in [6, 6.07) is 8.88. The van der Waals surface area contributed by atoms with Gasteiger partial charge in [-0.1, -0.05) is 31.5 Å². The molecular weight excluding hydrogens is 220 g/mol. The summed E-state index contributed by atoms with van der Waals surface area (Å²) in [5, 5.41) is 0. The van der Waals surface area contributed by atoms with Crippen molar-refractivity contribution < 1.29 is 0 Å². The number of anilines is 1. The van der Waals surface area contributed by atoms with Crippen molar-refractivity contribution in [3.8, 4) is 0 Å². The number of hydrogen-bond acceptors (Lipinski definition) is 2. The Balaban J connectivity index is 2.12. The third-order valence-corrected chi connectivity index (χ3v) is 3.97. The fourth-order valence-electron chi connectivity index (χ4n) is 2.96. The predicted octanol–water partition coefficient (Wildman–Crippen LogP) is 3.20. The van der Waals surface area contributed by atoms with E-state index in [-0.39, 0.29) is 0 Å². The lowest BCUT2D eigenvalue weighted by Crippen LogP contribution is -2.33. The van der Waals surface area contributed by atoms with Crippen LogP contribution in [-0.4, -0.2) is 19.6 Å². The Kier molecular flexibility index (Phi) is 5.06. The van der Waals surface area contributed by atoms with Crippen molar-refractivity contribution in [2.75, 3.05) is 24.5 Å². The maximum Gasteiger partial charge on any atom is 0.0398 e. The van der Waals surface area contributed by atoms with Gasteiger partial charge in [0.25, 0.3) is 0 Å². The van der Waals surface area contributed by atoms with E-state index < -0.39 is 0 Å². The summed E-state index contributed by atoms with van der Waals surface area (Å²) in [7, 11) is 0. The van der Waals surface area contributed by atoms with Gasteiger partial charge in [-0.2, -0.15) is 0 Å². The highest BCUT2D eigenvalue weighted by molar-refractivity contribution is 5.54.